The zero-order valence-corrected chi connectivity index (χ0v) is 5.80. The molecule has 0 aliphatic carbocycles. The normalized spacial score (nSPS) is 10.0. The molecule has 50 valence electrons. The highest BCUT2D eigenvalue weighted by Crippen LogP contribution is 2.09. The van der Waals surface area contributed by atoms with Crippen LogP contribution in [0.3, 0.4) is 0 Å². The number of aromatic nitrogens is 4. The van der Waals surface area contributed by atoms with Crippen LogP contribution in [0.15, 0.2) is 18.6 Å². The fourth-order valence-electron chi connectivity index (χ4n) is 0.674. The topological polar surface area (TPSA) is 54.5 Å². The Balaban J connectivity index is 2.48. The Labute approximate surface area is 61.3 Å². The number of nitrogens with zero attached hydrogens (tertiary/aromatic N) is 3. The summed E-state index contributed by atoms with van der Waals surface area (Å²) in [4.78, 5) is 6.94. The molecule has 5 heteroatoms. The molecule has 0 unspecified atom stereocenters. The van der Waals surface area contributed by atoms with E-state index < -0.39 is 0 Å². The molecule has 0 bridgehead atoms. The fraction of sp³-hybridized carbons (Fsp3) is 0. The highest BCUT2D eigenvalue weighted by atomic mass is 32.1. The van der Waals surface area contributed by atoms with Crippen LogP contribution in [0, 0.1) is 0 Å². The molecule has 0 aliphatic heterocycles. The number of imidazole rings is 1. The Kier molecular flexibility index (Phi) is 1.21. The molecule has 2 rings (SSSR count). The predicted octanol–water partition coefficient (Wildman–Crippen LogP) is 0.928. The van der Waals surface area contributed by atoms with E-state index in [4.69, 9.17) is 0 Å². The molecule has 2 heterocycles. The van der Waals surface area contributed by atoms with E-state index >= 15 is 0 Å². The highest BCUT2D eigenvalue weighted by molar-refractivity contribution is 6.99. The lowest BCUT2D eigenvalue weighted by Gasteiger charge is -1.82. The van der Waals surface area contributed by atoms with Gasteiger partial charge in [-0.25, -0.2) is 4.98 Å². The van der Waals surface area contributed by atoms with E-state index in [9.17, 15) is 0 Å². The van der Waals surface area contributed by atoms with Crippen LogP contribution in [-0.4, -0.2) is 18.7 Å². The molecule has 2 aromatic rings. The van der Waals surface area contributed by atoms with Crippen LogP contribution in [0.4, 0.5) is 0 Å². The van der Waals surface area contributed by atoms with Gasteiger partial charge >= 0.3 is 0 Å². The minimum absolute atomic E-state index is 0.772. The number of rotatable bonds is 1. The average Bonchev–Trinajstić information content (AvgIpc) is 2.59. The van der Waals surface area contributed by atoms with E-state index in [-0.39, 0.29) is 0 Å². The molecule has 0 spiro atoms. The lowest BCUT2D eigenvalue weighted by Crippen LogP contribution is -1.76. The summed E-state index contributed by atoms with van der Waals surface area (Å²) < 4.78 is 7.84. The third kappa shape index (κ3) is 0.801. The second-order valence-corrected chi connectivity index (χ2v) is 2.29. The summed E-state index contributed by atoms with van der Waals surface area (Å²) in [6.45, 7) is 0. The second kappa shape index (κ2) is 2.18. The maximum absolute atomic E-state index is 4.01. The van der Waals surface area contributed by atoms with Crippen LogP contribution in [0.1, 0.15) is 0 Å². The van der Waals surface area contributed by atoms with Crippen molar-refractivity contribution in [3.05, 3.63) is 18.6 Å². The van der Waals surface area contributed by atoms with Gasteiger partial charge in [0.2, 0.25) is 0 Å². The van der Waals surface area contributed by atoms with E-state index in [1.807, 2.05) is 0 Å². The summed E-state index contributed by atoms with van der Waals surface area (Å²) in [5.74, 6) is 0.772. The molecule has 2 aromatic heterocycles. The SMILES string of the molecule is c1c[nH]c(-c2cnsn2)n1. The number of hydrogen-bond acceptors (Lipinski definition) is 4. The Morgan fingerprint density at radius 2 is 2.50 bits per heavy atom. The summed E-state index contributed by atoms with van der Waals surface area (Å²) in [6, 6.07) is 0. The van der Waals surface area contributed by atoms with Crippen LogP contribution in [0.2, 0.25) is 0 Å². The molecule has 0 aliphatic rings. The van der Waals surface area contributed by atoms with E-state index in [1.165, 1.54) is 11.7 Å². The van der Waals surface area contributed by atoms with E-state index in [0.717, 1.165) is 11.5 Å². The van der Waals surface area contributed by atoms with Crippen molar-refractivity contribution < 1.29 is 0 Å². The van der Waals surface area contributed by atoms with Crippen molar-refractivity contribution in [2.24, 2.45) is 0 Å². The van der Waals surface area contributed by atoms with Gasteiger partial charge in [0, 0.05) is 12.4 Å². The standard InChI is InChI=1S/C5H4N4S/c1-2-7-5(6-1)4-3-8-10-9-4/h1-3H,(H,6,7). The van der Waals surface area contributed by atoms with Crippen molar-refractivity contribution in [1.82, 2.24) is 18.7 Å². The molecule has 0 fully saturated rings. The van der Waals surface area contributed by atoms with E-state index in [1.54, 1.807) is 18.6 Å². The molecule has 1 N–H and O–H groups in total. The second-order valence-electron chi connectivity index (χ2n) is 1.73. The smallest absolute Gasteiger partial charge is 0.158 e. The molecule has 0 saturated heterocycles. The number of nitrogens with one attached hydrogen (secondary N) is 1. The minimum atomic E-state index is 0.772. The molecule has 0 atom stereocenters. The van der Waals surface area contributed by atoms with Crippen LogP contribution in [0.5, 0.6) is 0 Å². The van der Waals surface area contributed by atoms with Crippen LogP contribution in [0.25, 0.3) is 11.5 Å². The van der Waals surface area contributed by atoms with E-state index in [0.29, 0.717) is 0 Å². The number of aromatic amines is 1. The highest BCUT2D eigenvalue weighted by Gasteiger charge is 2.00. The molecular formula is C5H4N4S. The monoisotopic (exact) mass is 152 g/mol. The van der Waals surface area contributed by atoms with Crippen molar-refractivity contribution in [1.29, 1.82) is 0 Å². The number of hydrogen-bond donors (Lipinski definition) is 1. The Bertz CT molecular complexity index is 253. The zero-order valence-electron chi connectivity index (χ0n) is 4.98. The summed E-state index contributed by atoms with van der Waals surface area (Å²) in [5, 5.41) is 0. The van der Waals surface area contributed by atoms with Crippen molar-refractivity contribution in [2.45, 2.75) is 0 Å². The number of H-pyrrole nitrogens is 1. The van der Waals surface area contributed by atoms with Gasteiger partial charge in [-0.15, -0.1) is 0 Å². The first-order valence-corrected chi connectivity index (χ1v) is 3.47. The van der Waals surface area contributed by atoms with Crippen molar-refractivity contribution in [3.8, 4) is 11.5 Å². The van der Waals surface area contributed by atoms with Gasteiger partial charge in [-0.2, -0.15) is 8.75 Å². The third-order valence-electron chi connectivity index (χ3n) is 1.10. The van der Waals surface area contributed by atoms with Gasteiger partial charge in [0.15, 0.2) is 5.82 Å². The first kappa shape index (κ1) is 5.55. The first-order chi connectivity index (χ1) is 4.97. The van der Waals surface area contributed by atoms with Crippen LogP contribution >= 0.6 is 11.7 Å². The fourth-order valence-corrected chi connectivity index (χ4v) is 1.09. The summed E-state index contributed by atoms with van der Waals surface area (Å²) >= 11 is 1.18. The van der Waals surface area contributed by atoms with Crippen LogP contribution in [-0.2, 0) is 0 Å². The molecule has 0 radical (unpaired) electrons. The van der Waals surface area contributed by atoms with Gasteiger partial charge in [-0.05, 0) is 0 Å². The van der Waals surface area contributed by atoms with Gasteiger partial charge in [-0.3, -0.25) is 0 Å². The van der Waals surface area contributed by atoms with Gasteiger partial charge in [0.25, 0.3) is 0 Å². The zero-order chi connectivity index (χ0) is 6.81. The predicted molar refractivity (Wildman–Crippen MR) is 37.5 cm³/mol. The quantitative estimate of drug-likeness (QED) is 0.661. The Morgan fingerprint density at radius 1 is 1.50 bits per heavy atom. The van der Waals surface area contributed by atoms with Crippen molar-refractivity contribution in [3.63, 3.8) is 0 Å². The maximum atomic E-state index is 4.01. The Hall–Kier alpha value is -1.23. The van der Waals surface area contributed by atoms with Gasteiger partial charge in [-0.1, -0.05) is 0 Å². The van der Waals surface area contributed by atoms with Crippen molar-refractivity contribution in [2.75, 3.05) is 0 Å². The summed E-state index contributed by atoms with van der Waals surface area (Å²) in [6.07, 6.45) is 5.13. The molecular weight excluding hydrogens is 148 g/mol. The summed E-state index contributed by atoms with van der Waals surface area (Å²) in [7, 11) is 0. The lowest BCUT2D eigenvalue weighted by molar-refractivity contribution is 1.28. The molecule has 4 nitrogen and oxygen atoms in total. The Morgan fingerprint density at radius 3 is 3.10 bits per heavy atom. The van der Waals surface area contributed by atoms with Gasteiger partial charge in [0.05, 0.1) is 17.9 Å². The molecule has 10 heavy (non-hydrogen) atoms. The molecule has 0 saturated carbocycles. The first-order valence-electron chi connectivity index (χ1n) is 2.74. The average molecular weight is 152 g/mol. The molecule has 0 aromatic carbocycles. The maximum Gasteiger partial charge on any atom is 0.158 e. The third-order valence-corrected chi connectivity index (χ3v) is 1.58. The summed E-state index contributed by atoms with van der Waals surface area (Å²) in [5.41, 5.74) is 0.801. The van der Waals surface area contributed by atoms with Gasteiger partial charge in [0.1, 0.15) is 5.69 Å². The van der Waals surface area contributed by atoms with Crippen molar-refractivity contribution >= 4 is 11.7 Å². The lowest BCUT2D eigenvalue weighted by atomic mass is 10.5. The van der Waals surface area contributed by atoms with Gasteiger partial charge < -0.3 is 4.98 Å². The molecule has 0 amide bonds. The van der Waals surface area contributed by atoms with E-state index in [2.05, 4.69) is 18.7 Å². The minimum Gasteiger partial charge on any atom is -0.343 e. The van der Waals surface area contributed by atoms with Crippen LogP contribution < -0.4 is 0 Å². The largest absolute Gasteiger partial charge is 0.343 e.